The first-order chi connectivity index (χ1) is 13.3. The Morgan fingerprint density at radius 3 is 2.11 bits per heavy atom. The molecule has 0 bridgehead atoms. The average Bonchev–Trinajstić information content (AvgIpc) is 2.70. The van der Waals surface area contributed by atoms with Crippen LogP contribution in [0.25, 0.3) is 0 Å². The highest BCUT2D eigenvalue weighted by atomic mass is 16.3. The number of aliphatic hydroxyl groups excluding tert-OH is 1. The summed E-state index contributed by atoms with van der Waals surface area (Å²) in [6.45, 7) is 6.29. The molecular weight excluding hydrogens is 358 g/mol. The van der Waals surface area contributed by atoms with Crippen molar-refractivity contribution in [3.8, 4) is 0 Å². The van der Waals surface area contributed by atoms with E-state index in [9.17, 15) is 19.5 Å². The van der Waals surface area contributed by atoms with Gasteiger partial charge in [-0.3, -0.25) is 14.4 Å². The minimum absolute atomic E-state index is 0.00471. The Kier molecular flexibility index (Phi) is 8.23. The summed E-state index contributed by atoms with van der Waals surface area (Å²) in [5.74, 6) is -0.751. The van der Waals surface area contributed by atoms with Crippen LogP contribution in [-0.2, 0) is 0 Å². The van der Waals surface area contributed by atoms with E-state index in [1.807, 2.05) is 25.3 Å². The Hall–Kier alpha value is -2.15. The topological polar surface area (TPSA) is 100 Å². The molecule has 1 aliphatic carbocycles. The third-order valence-electron chi connectivity index (χ3n) is 5.17. The molecule has 1 aromatic rings. The normalized spacial score (nSPS) is 16.0. The average molecular weight is 392 g/mol. The number of nitrogens with zero attached hydrogens (tertiary/aromatic N) is 1. The summed E-state index contributed by atoms with van der Waals surface area (Å²) in [4.78, 5) is 38.0. The van der Waals surface area contributed by atoms with E-state index in [1.54, 1.807) is 12.4 Å². The van der Waals surface area contributed by atoms with E-state index >= 15 is 0 Å². The molecule has 1 unspecified atom stereocenters. The molecule has 0 aromatic carbocycles. The number of carbonyl (C=O) groups excluding carboxylic acids is 2. The summed E-state index contributed by atoms with van der Waals surface area (Å²) >= 11 is 0. The highest BCUT2D eigenvalue weighted by Gasteiger charge is 2.23. The molecule has 1 atom stereocenters. The summed E-state index contributed by atoms with van der Waals surface area (Å²) in [6.07, 6.45) is 8.28. The van der Waals surface area contributed by atoms with E-state index in [-0.39, 0.29) is 29.6 Å². The van der Waals surface area contributed by atoms with Crippen molar-refractivity contribution in [2.45, 2.75) is 71.4 Å². The molecule has 7 heteroatoms. The number of amides is 2. The van der Waals surface area contributed by atoms with Gasteiger partial charge in [0.2, 0.25) is 5.43 Å². The van der Waals surface area contributed by atoms with E-state index in [0.717, 1.165) is 25.7 Å². The lowest BCUT2D eigenvalue weighted by molar-refractivity contribution is 0.0911. The lowest BCUT2D eigenvalue weighted by atomic mass is 9.95. The largest absolute Gasteiger partial charge is 0.391 e. The summed E-state index contributed by atoms with van der Waals surface area (Å²) in [7, 11) is 0. The molecule has 0 spiro atoms. The van der Waals surface area contributed by atoms with Gasteiger partial charge in [-0.05, 0) is 25.2 Å². The summed E-state index contributed by atoms with van der Waals surface area (Å²) in [6, 6.07) is 0.179. The molecule has 1 heterocycles. The third-order valence-corrected chi connectivity index (χ3v) is 5.17. The lowest BCUT2D eigenvalue weighted by Gasteiger charge is -2.25. The molecule has 3 N–H and O–H groups in total. The highest BCUT2D eigenvalue weighted by Crippen LogP contribution is 2.28. The van der Waals surface area contributed by atoms with Gasteiger partial charge in [-0.1, -0.05) is 40.0 Å². The number of aromatic nitrogens is 1. The molecular formula is C21H33N3O4. The minimum Gasteiger partial charge on any atom is -0.391 e. The van der Waals surface area contributed by atoms with Gasteiger partial charge in [0.25, 0.3) is 11.8 Å². The molecule has 2 amide bonds. The zero-order valence-corrected chi connectivity index (χ0v) is 17.2. The summed E-state index contributed by atoms with van der Waals surface area (Å²) in [5, 5.41) is 15.1. The van der Waals surface area contributed by atoms with Gasteiger partial charge in [-0.25, -0.2) is 0 Å². The SMILES string of the molecule is CCC(O)CNC(=O)c1cn(C2CCCCC2)cc(C(=O)NCC(C)C)c1=O. The summed E-state index contributed by atoms with van der Waals surface area (Å²) < 4.78 is 1.86. The Balaban J connectivity index is 2.35. The van der Waals surface area contributed by atoms with Crippen molar-refractivity contribution in [2.24, 2.45) is 5.92 Å². The molecule has 0 saturated heterocycles. The number of hydrogen-bond donors (Lipinski definition) is 3. The number of rotatable bonds is 8. The Morgan fingerprint density at radius 1 is 1.07 bits per heavy atom. The fourth-order valence-electron chi connectivity index (χ4n) is 3.35. The van der Waals surface area contributed by atoms with E-state index in [4.69, 9.17) is 0 Å². The second kappa shape index (κ2) is 10.4. The van der Waals surface area contributed by atoms with Crippen molar-refractivity contribution >= 4 is 11.8 Å². The zero-order chi connectivity index (χ0) is 20.7. The molecule has 1 aliphatic rings. The monoisotopic (exact) mass is 391 g/mol. The van der Waals surface area contributed by atoms with Crippen molar-refractivity contribution in [2.75, 3.05) is 13.1 Å². The molecule has 2 rings (SSSR count). The fourth-order valence-corrected chi connectivity index (χ4v) is 3.35. The van der Waals surface area contributed by atoms with Crippen LogP contribution in [0.1, 0.15) is 86.1 Å². The van der Waals surface area contributed by atoms with E-state index in [0.29, 0.717) is 13.0 Å². The van der Waals surface area contributed by atoms with Crippen LogP contribution in [0.2, 0.25) is 0 Å². The number of pyridine rings is 1. The van der Waals surface area contributed by atoms with Gasteiger partial charge < -0.3 is 20.3 Å². The molecule has 0 aliphatic heterocycles. The van der Waals surface area contributed by atoms with Crippen LogP contribution >= 0.6 is 0 Å². The predicted molar refractivity (Wildman–Crippen MR) is 109 cm³/mol. The van der Waals surface area contributed by atoms with Gasteiger partial charge in [-0.2, -0.15) is 0 Å². The van der Waals surface area contributed by atoms with Crippen molar-refractivity contribution in [3.05, 3.63) is 33.7 Å². The van der Waals surface area contributed by atoms with Crippen molar-refractivity contribution < 1.29 is 14.7 Å². The number of hydrogen-bond acceptors (Lipinski definition) is 4. The minimum atomic E-state index is -0.665. The maximum atomic E-state index is 12.8. The van der Waals surface area contributed by atoms with Gasteiger partial charge in [-0.15, -0.1) is 0 Å². The number of aliphatic hydroxyl groups is 1. The Morgan fingerprint density at radius 2 is 1.61 bits per heavy atom. The van der Waals surface area contributed by atoms with Crippen LogP contribution in [0.5, 0.6) is 0 Å². The molecule has 0 radical (unpaired) electrons. The maximum Gasteiger partial charge on any atom is 0.256 e. The second-order valence-electron chi connectivity index (χ2n) is 8.03. The molecule has 1 saturated carbocycles. The lowest BCUT2D eigenvalue weighted by Crippen LogP contribution is -2.38. The van der Waals surface area contributed by atoms with E-state index in [1.165, 1.54) is 6.42 Å². The standard InChI is InChI=1S/C21H33N3O4/c1-4-16(25)11-23-21(28)18-13-24(15-8-6-5-7-9-15)12-17(19(18)26)20(27)22-10-14(2)3/h12-16,25H,4-11H2,1-3H3,(H,22,27)(H,23,28). The second-order valence-corrected chi connectivity index (χ2v) is 8.03. The first kappa shape index (κ1) is 22.1. The van der Waals surface area contributed by atoms with Crippen LogP contribution in [0, 0.1) is 5.92 Å². The first-order valence-corrected chi connectivity index (χ1v) is 10.3. The summed E-state index contributed by atoms with van der Waals surface area (Å²) in [5.41, 5.74) is -0.627. The molecule has 1 aromatic heterocycles. The van der Waals surface area contributed by atoms with Crippen molar-refractivity contribution in [3.63, 3.8) is 0 Å². The van der Waals surface area contributed by atoms with Crippen LogP contribution < -0.4 is 16.1 Å². The molecule has 28 heavy (non-hydrogen) atoms. The number of carbonyl (C=O) groups is 2. The maximum absolute atomic E-state index is 12.8. The third kappa shape index (κ3) is 5.92. The predicted octanol–water partition coefficient (Wildman–Crippen LogP) is 2.24. The fraction of sp³-hybridized carbons (Fsp3) is 0.667. The van der Waals surface area contributed by atoms with E-state index < -0.39 is 23.3 Å². The van der Waals surface area contributed by atoms with Gasteiger partial charge in [0.05, 0.1) is 6.10 Å². The van der Waals surface area contributed by atoms with Crippen LogP contribution in [-0.4, -0.2) is 40.7 Å². The molecule has 156 valence electrons. The Labute approximate surface area is 166 Å². The van der Waals surface area contributed by atoms with Gasteiger partial charge in [0.15, 0.2) is 0 Å². The van der Waals surface area contributed by atoms with Crippen LogP contribution in [0.3, 0.4) is 0 Å². The zero-order valence-electron chi connectivity index (χ0n) is 17.2. The van der Waals surface area contributed by atoms with Crippen molar-refractivity contribution in [1.29, 1.82) is 0 Å². The van der Waals surface area contributed by atoms with Gasteiger partial charge >= 0.3 is 0 Å². The first-order valence-electron chi connectivity index (χ1n) is 10.3. The smallest absolute Gasteiger partial charge is 0.256 e. The Bertz CT molecular complexity index is 736. The van der Waals surface area contributed by atoms with Crippen LogP contribution in [0.4, 0.5) is 0 Å². The highest BCUT2D eigenvalue weighted by molar-refractivity contribution is 5.99. The van der Waals surface area contributed by atoms with Crippen molar-refractivity contribution in [1.82, 2.24) is 15.2 Å². The number of nitrogens with one attached hydrogen (secondary N) is 2. The van der Waals surface area contributed by atoms with Crippen LogP contribution in [0.15, 0.2) is 17.2 Å². The molecule has 1 fully saturated rings. The van der Waals surface area contributed by atoms with Gasteiger partial charge in [0.1, 0.15) is 11.1 Å². The molecule has 7 nitrogen and oxygen atoms in total. The van der Waals surface area contributed by atoms with Gasteiger partial charge in [0, 0.05) is 31.5 Å². The van der Waals surface area contributed by atoms with E-state index in [2.05, 4.69) is 10.6 Å². The quantitative estimate of drug-likeness (QED) is 0.633.